The molecule has 1 aromatic heterocycles. The molecule has 1 N–H and O–H groups in total. The second-order valence-corrected chi connectivity index (χ2v) is 10.2. The molecule has 0 spiro atoms. The van der Waals surface area contributed by atoms with Gasteiger partial charge in [-0.1, -0.05) is 26.0 Å². The number of carbonyl (C=O) groups excluding carboxylic acids is 1. The molecular formula is C18H21F3N2O3S2. The third-order valence-electron chi connectivity index (χ3n) is 3.69. The highest BCUT2D eigenvalue weighted by molar-refractivity contribution is 7.91. The Morgan fingerprint density at radius 2 is 1.86 bits per heavy atom. The fourth-order valence-electron chi connectivity index (χ4n) is 2.48. The van der Waals surface area contributed by atoms with Crippen molar-refractivity contribution in [3.8, 4) is 0 Å². The number of amides is 1. The Hall–Kier alpha value is -1.94. The molecule has 28 heavy (non-hydrogen) atoms. The summed E-state index contributed by atoms with van der Waals surface area (Å²) in [6.45, 7) is 3.59. The van der Waals surface area contributed by atoms with Gasteiger partial charge >= 0.3 is 6.18 Å². The molecule has 0 saturated heterocycles. The van der Waals surface area contributed by atoms with Gasteiger partial charge in [0.25, 0.3) is 0 Å². The molecule has 5 nitrogen and oxygen atoms in total. The summed E-state index contributed by atoms with van der Waals surface area (Å²) in [6, 6.07) is 4.86. The molecule has 0 bridgehead atoms. The smallest absolute Gasteiger partial charge is 0.302 e. The topological polar surface area (TPSA) is 76.1 Å². The largest absolute Gasteiger partial charge is 0.416 e. The standard InChI is InChI=1S/C18H21F3N2O3S2/c1-12(2)11-28(25,26)8-7-16(24)23-17-22-10-15(27-17)9-13-3-5-14(6-4-13)18(19,20)21/h3-6,10,12H,7-9,11H2,1-2H3,(H,22,23,24). The number of sulfone groups is 1. The van der Waals surface area contributed by atoms with Crippen LogP contribution in [0.25, 0.3) is 0 Å². The Morgan fingerprint density at radius 3 is 2.43 bits per heavy atom. The van der Waals surface area contributed by atoms with Gasteiger partial charge < -0.3 is 5.32 Å². The zero-order valence-electron chi connectivity index (χ0n) is 15.4. The number of halogens is 3. The quantitative estimate of drug-likeness (QED) is 0.677. The molecule has 2 rings (SSSR count). The van der Waals surface area contributed by atoms with Gasteiger partial charge in [0.2, 0.25) is 5.91 Å². The van der Waals surface area contributed by atoms with Crippen LogP contribution in [0.2, 0.25) is 0 Å². The fraction of sp³-hybridized carbons (Fsp3) is 0.444. The van der Waals surface area contributed by atoms with E-state index >= 15 is 0 Å². The van der Waals surface area contributed by atoms with E-state index < -0.39 is 27.5 Å². The summed E-state index contributed by atoms with van der Waals surface area (Å²) >= 11 is 1.20. The predicted octanol–water partition coefficient (Wildman–Crippen LogP) is 4.15. The summed E-state index contributed by atoms with van der Waals surface area (Å²) in [7, 11) is -3.28. The van der Waals surface area contributed by atoms with Gasteiger partial charge in [-0.05, 0) is 23.6 Å². The van der Waals surface area contributed by atoms with E-state index in [2.05, 4.69) is 10.3 Å². The number of rotatable bonds is 8. The van der Waals surface area contributed by atoms with E-state index in [9.17, 15) is 26.4 Å². The Balaban J connectivity index is 1.89. The normalized spacial score (nSPS) is 12.4. The molecule has 0 unspecified atom stereocenters. The highest BCUT2D eigenvalue weighted by Gasteiger charge is 2.29. The van der Waals surface area contributed by atoms with Crippen LogP contribution in [0.15, 0.2) is 30.5 Å². The number of benzene rings is 1. The van der Waals surface area contributed by atoms with Crippen molar-refractivity contribution in [1.29, 1.82) is 0 Å². The summed E-state index contributed by atoms with van der Waals surface area (Å²) in [6.07, 6.45) is -2.60. The van der Waals surface area contributed by atoms with Gasteiger partial charge in [0.1, 0.15) is 0 Å². The Labute approximate surface area is 165 Å². The lowest BCUT2D eigenvalue weighted by molar-refractivity contribution is -0.137. The number of nitrogens with zero attached hydrogens (tertiary/aromatic N) is 1. The van der Waals surface area contributed by atoms with Gasteiger partial charge in [-0.3, -0.25) is 4.79 Å². The molecule has 154 valence electrons. The Kier molecular flexibility index (Phi) is 7.22. The van der Waals surface area contributed by atoms with Gasteiger partial charge in [-0.25, -0.2) is 13.4 Å². The van der Waals surface area contributed by atoms with Crippen LogP contribution in [0.5, 0.6) is 0 Å². The number of nitrogens with one attached hydrogen (secondary N) is 1. The maximum atomic E-state index is 12.6. The molecule has 2 aromatic rings. The summed E-state index contributed by atoms with van der Waals surface area (Å²) < 4.78 is 61.4. The number of hydrogen-bond donors (Lipinski definition) is 1. The van der Waals surface area contributed by atoms with Crippen molar-refractivity contribution in [2.75, 3.05) is 16.8 Å². The number of alkyl halides is 3. The Bertz CT molecular complexity index is 905. The molecule has 10 heteroatoms. The molecule has 1 amide bonds. The van der Waals surface area contributed by atoms with Crippen LogP contribution < -0.4 is 5.32 Å². The minimum Gasteiger partial charge on any atom is -0.302 e. The van der Waals surface area contributed by atoms with Crippen molar-refractivity contribution >= 4 is 32.2 Å². The Morgan fingerprint density at radius 1 is 1.21 bits per heavy atom. The van der Waals surface area contributed by atoms with Crippen molar-refractivity contribution < 1.29 is 26.4 Å². The van der Waals surface area contributed by atoms with E-state index in [0.717, 1.165) is 17.0 Å². The lowest BCUT2D eigenvalue weighted by Gasteiger charge is -2.07. The molecule has 0 atom stereocenters. The van der Waals surface area contributed by atoms with Crippen molar-refractivity contribution in [1.82, 2.24) is 4.98 Å². The van der Waals surface area contributed by atoms with E-state index in [4.69, 9.17) is 0 Å². The van der Waals surface area contributed by atoms with E-state index in [1.165, 1.54) is 29.7 Å². The highest BCUT2D eigenvalue weighted by Crippen LogP contribution is 2.30. The second-order valence-electron chi connectivity index (χ2n) is 6.81. The number of anilines is 1. The first-order valence-electron chi connectivity index (χ1n) is 8.56. The summed E-state index contributed by atoms with van der Waals surface area (Å²) in [5.41, 5.74) is -0.0183. The number of aromatic nitrogens is 1. The lowest BCUT2D eigenvalue weighted by Crippen LogP contribution is -2.20. The average molecular weight is 435 g/mol. The molecule has 0 aliphatic heterocycles. The molecule has 0 radical (unpaired) electrons. The fourth-order valence-corrected chi connectivity index (χ4v) is 5.02. The van der Waals surface area contributed by atoms with Crippen LogP contribution in [-0.4, -0.2) is 30.8 Å². The van der Waals surface area contributed by atoms with E-state index in [1.807, 2.05) is 0 Å². The van der Waals surface area contributed by atoms with Crippen LogP contribution in [0.3, 0.4) is 0 Å². The monoisotopic (exact) mass is 434 g/mol. The SMILES string of the molecule is CC(C)CS(=O)(=O)CCC(=O)Nc1ncc(Cc2ccc(C(F)(F)F)cc2)s1. The number of thiazole rings is 1. The molecule has 1 heterocycles. The van der Waals surface area contributed by atoms with Crippen LogP contribution in [0, 0.1) is 5.92 Å². The minimum atomic E-state index is -4.37. The predicted molar refractivity (Wildman–Crippen MR) is 103 cm³/mol. The van der Waals surface area contributed by atoms with Gasteiger partial charge in [-0.15, -0.1) is 11.3 Å². The van der Waals surface area contributed by atoms with E-state index in [1.54, 1.807) is 13.8 Å². The van der Waals surface area contributed by atoms with Crippen molar-refractivity contribution in [2.45, 2.75) is 32.9 Å². The molecule has 0 saturated carbocycles. The van der Waals surface area contributed by atoms with E-state index in [0.29, 0.717) is 17.1 Å². The first kappa shape index (κ1) is 22.4. The van der Waals surface area contributed by atoms with Crippen LogP contribution in [0.1, 0.15) is 36.3 Å². The van der Waals surface area contributed by atoms with Gasteiger partial charge in [0.15, 0.2) is 15.0 Å². The summed E-state index contributed by atoms with van der Waals surface area (Å²) in [5.74, 6) is -0.627. The van der Waals surface area contributed by atoms with Crippen molar-refractivity contribution in [2.24, 2.45) is 5.92 Å². The number of hydrogen-bond acceptors (Lipinski definition) is 5. The zero-order valence-corrected chi connectivity index (χ0v) is 17.0. The third-order valence-corrected chi connectivity index (χ3v) is 6.60. The molecule has 0 aliphatic carbocycles. The van der Waals surface area contributed by atoms with E-state index in [-0.39, 0.29) is 23.8 Å². The first-order chi connectivity index (χ1) is 12.9. The third kappa shape index (κ3) is 7.23. The highest BCUT2D eigenvalue weighted by atomic mass is 32.2. The zero-order chi connectivity index (χ0) is 20.9. The van der Waals surface area contributed by atoms with Crippen LogP contribution in [-0.2, 0) is 27.2 Å². The van der Waals surface area contributed by atoms with Gasteiger partial charge in [-0.2, -0.15) is 13.2 Å². The van der Waals surface area contributed by atoms with Gasteiger partial charge in [0, 0.05) is 23.9 Å². The van der Waals surface area contributed by atoms with Crippen LogP contribution >= 0.6 is 11.3 Å². The molecule has 0 aliphatic rings. The molecule has 0 fully saturated rings. The first-order valence-corrected chi connectivity index (χ1v) is 11.2. The maximum Gasteiger partial charge on any atom is 0.416 e. The van der Waals surface area contributed by atoms with Crippen molar-refractivity contribution in [3.63, 3.8) is 0 Å². The number of carbonyl (C=O) groups is 1. The maximum absolute atomic E-state index is 12.6. The second kappa shape index (κ2) is 9.04. The molecular weight excluding hydrogens is 413 g/mol. The average Bonchev–Trinajstić information content (AvgIpc) is 2.98. The molecule has 1 aromatic carbocycles. The lowest BCUT2D eigenvalue weighted by atomic mass is 10.1. The minimum absolute atomic E-state index is 0.000204. The van der Waals surface area contributed by atoms with Gasteiger partial charge in [0.05, 0.1) is 17.1 Å². The summed E-state index contributed by atoms with van der Waals surface area (Å²) in [4.78, 5) is 16.8. The van der Waals surface area contributed by atoms with Crippen molar-refractivity contribution in [3.05, 3.63) is 46.5 Å². The van der Waals surface area contributed by atoms with Crippen LogP contribution in [0.4, 0.5) is 18.3 Å². The summed E-state index contributed by atoms with van der Waals surface area (Å²) in [5, 5.41) is 2.89.